The molecule has 0 bridgehead atoms. The fourth-order valence-corrected chi connectivity index (χ4v) is 1.46. The molecule has 72 valence electrons. The molecule has 0 unspecified atom stereocenters. The average Bonchev–Trinajstić information content (AvgIpc) is 2.54. The smallest absolute Gasteiger partial charge is 0.104 e. The molecule has 0 aliphatic carbocycles. The first-order chi connectivity index (χ1) is 6.79. The van der Waals surface area contributed by atoms with Crippen LogP contribution in [0.3, 0.4) is 0 Å². The van der Waals surface area contributed by atoms with Crippen molar-refractivity contribution in [1.29, 1.82) is 0 Å². The van der Waals surface area contributed by atoms with Crippen LogP contribution < -0.4 is 5.73 Å². The number of aryl methyl sites for hydroxylation is 1. The number of hydrogen-bond donors (Lipinski definition) is 2. The summed E-state index contributed by atoms with van der Waals surface area (Å²) in [4.78, 5) is 7.53. The minimum atomic E-state index is 0.569. The molecular weight excluding hydrogens is 174 g/mol. The third kappa shape index (κ3) is 1.67. The number of H-pyrrole nitrogens is 1. The van der Waals surface area contributed by atoms with Crippen LogP contribution in [0.25, 0.3) is 17.1 Å². The van der Waals surface area contributed by atoms with Gasteiger partial charge in [0.15, 0.2) is 0 Å². The fraction of sp³-hybridized carbons (Fsp3) is 0.182. The van der Waals surface area contributed by atoms with Crippen LogP contribution in [0, 0.1) is 6.92 Å². The number of aromatic amines is 1. The van der Waals surface area contributed by atoms with Crippen molar-refractivity contribution in [3.05, 3.63) is 35.7 Å². The van der Waals surface area contributed by atoms with Crippen LogP contribution in [-0.4, -0.2) is 16.5 Å². The number of benzene rings is 1. The molecule has 0 aliphatic rings. The van der Waals surface area contributed by atoms with Gasteiger partial charge in [0.1, 0.15) is 5.82 Å². The third-order valence-corrected chi connectivity index (χ3v) is 2.07. The Bertz CT molecular complexity index is 468. The van der Waals surface area contributed by atoms with Crippen LogP contribution >= 0.6 is 0 Å². The first-order valence-corrected chi connectivity index (χ1v) is 4.62. The van der Waals surface area contributed by atoms with E-state index < -0.39 is 0 Å². The number of imidazole rings is 1. The van der Waals surface area contributed by atoms with E-state index in [0.29, 0.717) is 6.54 Å². The van der Waals surface area contributed by atoms with Crippen molar-refractivity contribution in [3.63, 3.8) is 0 Å². The predicted octanol–water partition coefficient (Wildman–Crippen LogP) is 1.84. The highest BCUT2D eigenvalue weighted by Gasteiger charge is 1.98. The Morgan fingerprint density at radius 1 is 1.50 bits per heavy atom. The number of fused-ring (bicyclic) bond motifs is 1. The van der Waals surface area contributed by atoms with Crippen molar-refractivity contribution in [2.75, 3.05) is 6.54 Å². The standard InChI is InChI=1S/C11H13N3/c1-8-13-10-5-4-9(3-2-6-12)7-11(10)14-8/h2-5,7H,6,12H2,1H3,(H,13,14)/b3-2+. The highest BCUT2D eigenvalue weighted by molar-refractivity contribution is 5.78. The van der Waals surface area contributed by atoms with E-state index in [1.807, 2.05) is 31.2 Å². The van der Waals surface area contributed by atoms with Crippen molar-refractivity contribution in [2.24, 2.45) is 5.73 Å². The van der Waals surface area contributed by atoms with Crippen LogP contribution in [0.15, 0.2) is 24.3 Å². The minimum absolute atomic E-state index is 0.569. The summed E-state index contributed by atoms with van der Waals surface area (Å²) in [6.45, 7) is 2.52. The first kappa shape index (κ1) is 8.97. The van der Waals surface area contributed by atoms with Crippen LogP contribution in [-0.2, 0) is 0 Å². The van der Waals surface area contributed by atoms with Crippen molar-refractivity contribution >= 4 is 17.1 Å². The van der Waals surface area contributed by atoms with Gasteiger partial charge in [0.2, 0.25) is 0 Å². The number of nitrogens with two attached hydrogens (primary N) is 1. The first-order valence-electron chi connectivity index (χ1n) is 4.62. The van der Waals surface area contributed by atoms with Crippen LogP contribution in [0.5, 0.6) is 0 Å². The Labute approximate surface area is 82.7 Å². The molecule has 0 saturated carbocycles. The lowest BCUT2D eigenvalue weighted by atomic mass is 10.2. The molecule has 0 radical (unpaired) electrons. The molecule has 14 heavy (non-hydrogen) atoms. The lowest BCUT2D eigenvalue weighted by Gasteiger charge is -1.92. The zero-order chi connectivity index (χ0) is 9.97. The highest BCUT2D eigenvalue weighted by atomic mass is 14.9. The summed E-state index contributed by atoms with van der Waals surface area (Å²) in [6.07, 6.45) is 3.94. The monoisotopic (exact) mass is 187 g/mol. The maximum atomic E-state index is 5.39. The summed E-state index contributed by atoms with van der Waals surface area (Å²) in [6, 6.07) is 6.12. The molecule has 2 aromatic rings. The molecule has 0 spiro atoms. The fourth-order valence-electron chi connectivity index (χ4n) is 1.46. The van der Waals surface area contributed by atoms with E-state index in [1.54, 1.807) is 0 Å². The van der Waals surface area contributed by atoms with Gasteiger partial charge < -0.3 is 10.7 Å². The van der Waals surface area contributed by atoms with Gasteiger partial charge in [-0.15, -0.1) is 0 Å². The second kappa shape index (κ2) is 3.64. The molecule has 3 heteroatoms. The molecule has 1 heterocycles. The van der Waals surface area contributed by atoms with Crippen LogP contribution in [0.4, 0.5) is 0 Å². The van der Waals surface area contributed by atoms with E-state index in [-0.39, 0.29) is 0 Å². The maximum Gasteiger partial charge on any atom is 0.104 e. The molecule has 0 fully saturated rings. The van der Waals surface area contributed by atoms with Gasteiger partial charge in [-0.25, -0.2) is 4.98 Å². The van der Waals surface area contributed by atoms with Gasteiger partial charge >= 0.3 is 0 Å². The van der Waals surface area contributed by atoms with Gasteiger partial charge in [-0.3, -0.25) is 0 Å². The Kier molecular flexibility index (Phi) is 2.33. The number of nitrogens with one attached hydrogen (secondary N) is 1. The molecule has 0 aliphatic heterocycles. The lowest BCUT2D eigenvalue weighted by Crippen LogP contribution is -1.91. The van der Waals surface area contributed by atoms with E-state index in [9.17, 15) is 0 Å². The second-order valence-corrected chi connectivity index (χ2v) is 3.24. The largest absolute Gasteiger partial charge is 0.342 e. The molecule has 1 aromatic carbocycles. The van der Waals surface area contributed by atoms with E-state index in [0.717, 1.165) is 22.4 Å². The summed E-state index contributed by atoms with van der Waals surface area (Å²) in [7, 11) is 0. The normalized spacial score (nSPS) is 11.6. The topological polar surface area (TPSA) is 54.7 Å². The van der Waals surface area contributed by atoms with Crippen molar-refractivity contribution in [1.82, 2.24) is 9.97 Å². The van der Waals surface area contributed by atoms with Gasteiger partial charge in [-0.2, -0.15) is 0 Å². The summed E-state index contributed by atoms with van der Waals surface area (Å²) in [5.41, 5.74) is 8.61. The molecule has 1 aromatic heterocycles. The molecular formula is C11H13N3. The quantitative estimate of drug-likeness (QED) is 0.753. The van der Waals surface area contributed by atoms with Crippen molar-refractivity contribution in [3.8, 4) is 0 Å². The van der Waals surface area contributed by atoms with E-state index in [4.69, 9.17) is 5.73 Å². The highest BCUT2D eigenvalue weighted by Crippen LogP contribution is 2.14. The van der Waals surface area contributed by atoms with Crippen LogP contribution in [0.1, 0.15) is 11.4 Å². The predicted molar refractivity (Wildman–Crippen MR) is 58.9 cm³/mol. The van der Waals surface area contributed by atoms with Gasteiger partial charge in [-0.1, -0.05) is 18.2 Å². The van der Waals surface area contributed by atoms with Gasteiger partial charge in [0.05, 0.1) is 11.0 Å². The van der Waals surface area contributed by atoms with Gasteiger partial charge in [0.25, 0.3) is 0 Å². The van der Waals surface area contributed by atoms with Crippen LogP contribution in [0.2, 0.25) is 0 Å². The maximum absolute atomic E-state index is 5.39. The third-order valence-electron chi connectivity index (χ3n) is 2.07. The average molecular weight is 187 g/mol. The second-order valence-electron chi connectivity index (χ2n) is 3.24. The molecule has 0 atom stereocenters. The Morgan fingerprint density at radius 3 is 3.14 bits per heavy atom. The van der Waals surface area contributed by atoms with E-state index >= 15 is 0 Å². The summed E-state index contributed by atoms with van der Waals surface area (Å²) in [5, 5.41) is 0. The number of hydrogen-bond acceptors (Lipinski definition) is 2. The zero-order valence-electron chi connectivity index (χ0n) is 8.12. The molecule has 2 rings (SSSR count). The Balaban J connectivity index is 2.45. The minimum Gasteiger partial charge on any atom is -0.342 e. The van der Waals surface area contributed by atoms with Gasteiger partial charge in [0, 0.05) is 6.54 Å². The zero-order valence-corrected chi connectivity index (χ0v) is 8.12. The molecule has 3 nitrogen and oxygen atoms in total. The number of nitrogens with zero attached hydrogens (tertiary/aromatic N) is 1. The summed E-state index contributed by atoms with van der Waals surface area (Å²) >= 11 is 0. The molecule has 3 N–H and O–H groups in total. The summed E-state index contributed by atoms with van der Waals surface area (Å²) < 4.78 is 0. The SMILES string of the molecule is Cc1nc2ccc(/C=C/CN)cc2[nH]1. The number of aromatic nitrogens is 2. The van der Waals surface area contributed by atoms with E-state index in [1.165, 1.54) is 0 Å². The Hall–Kier alpha value is -1.61. The van der Waals surface area contributed by atoms with Crippen molar-refractivity contribution in [2.45, 2.75) is 6.92 Å². The van der Waals surface area contributed by atoms with Crippen molar-refractivity contribution < 1.29 is 0 Å². The van der Waals surface area contributed by atoms with Gasteiger partial charge in [-0.05, 0) is 24.6 Å². The molecule has 0 saturated heterocycles. The molecule has 0 amide bonds. The number of rotatable bonds is 2. The Morgan fingerprint density at radius 2 is 2.36 bits per heavy atom. The van der Waals surface area contributed by atoms with E-state index in [2.05, 4.69) is 16.0 Å². The summed E-state index contributed by atoms with van der Waals surface area (Å²) in [5.74, 6) is 0.944. The lowest BCUT2D eigenvalue weighted by molar-refractivity contribution is 1.17.